The standard InChI is InChI=1S/C23H20ClN3/c1-15-6-2-3-7-18(15)22-14-20(16-10-12-17(24)13-11-16)26-23-25-19-8-4-5-9-21(19)27(22)23/h2-13,20,22H,14H2,1H3,(H,25,26)/t20-,22+/m1/s1. The van der Waals surface area contributed by atoms with Gasteiger partial charge in [0.1, 0.15) is 0 Å². The van der Waals surface area contributed by atoms with Gasteiger partial charge in [-0.15, -0.1) is 0 Å². The molecule has 0 amide bonds. The number of nitrogens with zero attached hydrogens (tertiary/aromatic N) is 2. The second-order valence-electron chi connectivity index (χ2n) is 7.15. The summed E-state index contributed by atoms with van der Waals surface area (Å²) < 4.78 is 2.35. The zero-order chi connectivity index (χ0) is 18.4. The molecule has 3 nitrogen and oxygen atoms in total. The van der Waals surface area contributed by atoms with E-state index in [2.05, 4.69) is 71.4 Å². The molecule has 0 saturated heterocycles. The topological polar surface area (TPSA) is 29.9 Å². The molecule has 1 aliphatic heterocycles. The van der Waals surface area contributed by atoms with Crippen molar-refractivity contribution in [1.82, 2.24) is 9.55 Å². The Morgan fingerprint density at radius 1 is 0.963 bits per heavy atom. The van der Waals surface area contributed by atoms with E-state index in [0.29, 0.717) is 0 Å². The largest absolute Gasteiger partial charge is 0.349 e. The molecule has 2 atom stereocenters. The highest BCUT2D eigenvalue weighted by Crippen LogP contribution is 2.41. The monoisotopic (exact) mass is 373 g/mol. The molecule has 2 heterocycles. The Balaban J connectivity index is 1.68. The smallest absolute Gasteiger partial charge is 0.204 e. The molecule has 134 valence electrons. The van der Waals surface area contributed by atoms with E-state index in [1.807, 2.05) is 18.2 Å². The number of imidazole rings is 1. The average molecular weight is 374 g/mol. The van der Waals surface area contributed by atoms with Gasteiger partial charge in [0.2, 0.25) is 5.95 Å². The van der Waals surface area contributed by atoms with Crippen LogP contribution in [0.1, 0.15) is 35.2 Å². The van der Waals surface area contributed by atoms with E-state index in [0.717, 1.165) is 22.9 Å². The Hall–Kier alpha value is -2.78. The van der Waals surface area contributed by atoms with Crippen LogP contribution in [0.4, 0.5) is 5.95 Å². The summed E-state index contributed by atoms with van der Waals surface area (Å²) in [6, 6.07) is 25.6. The van der Waals surface area contributed by atoms with Gasteiger partial charge in [-0.25, -0.2) is 4.98 Å². The third-order valence-corrected chi connectivity index (χ3v) is 5.74. The molecule has 4 aromatic rings. The highest BCUT2D eigenvalue weighted by atomic mass is 35.5. The van der Waals surface area contributed by atoms with Gasteiger partial charge in [-0.05, 0) is 54.3 Å². The molecule has 4 heteroatoms. The number of hydrogen-bond acceptors (Lipinski definition) is 2. The van der Waals surface area contributed by atoms with Crippen molar-refractivity contribution in [2.45, 2.75) is 25.4 Å². The number of aromatic nitrogens is 2. The number of aryl methyl sites for hydroxylation is 1. The van der Waals surface area contributed by atoms with Gasteiger partial charge in [-0.3, -0.25) is 0 Å². The molecule has 1 N–H and O–H groups in total. The molecule has 0 spiro atoms. The summed E-state index contributed by atoms with van der Waals surface area (Å²) in [4.78, 5) is 4.88. The number of hydrogen-bond donors (Lipinski definition) is 1. The summed E-state index contributed by atoms with van der Waals surface area (Å²) >= 11 is 6.09. The first-order valence-electron chi connectivity index (χ1n) is 9.25. The van der Waals surface area contributed by atoms with Gasteiger partial charge in [0.25, 0.3) is 0 Å². The maximum Gasteiger partial charge on any atom is 0.204 e. The van der Waals surface area contributed by atoms with Crippen molar-refractivity contribution < 1.29 is 0 Å². The number of nitrogens with one attached hydrogen (secondary N) is 1. The van der Waals surface area contributed by atoms with Crippen LogP contribution in [0.5, 0.6) is 0 Å². The van der Waals surface area contributed by atoms with Crippen LogP contribution in [0.15, 0.2) is 72.8 Å². The van der Waals surface area contributed by atoms with Gasteiger partial charge < -0.3 is 9.88 Å². The van der Waals surface area contributed by atoms with Crippen LogP contribution in [0.3, 0.4) is 0 Å². The number of halogens is 1. The summed E-state index contributed by atoms with van der Waals surface area (Å²) in [6.45, 7) is 2.19. The van der Waals surface area contributed by atoms with Crippen molar-refractivity contribution >= 4 is 28.6 Å². The SMILES string of the molecule is Cc1ccccc1[C@@H]1C[C@H](c2ccc(Cl)cc2)Nc2nc3ccccc3n21. The van der Waals surface area contributed by atoms with E-state index in [4.69, 9.17) is 16.6 Å². The van der Waals surface area contributed by atoms with Crippen LogP contribution < -0.4 is 5.32 Å². The van der Waals surface area contributed by atoms with Crippen molar-refractivity contribution in [3.63, 3.8) is 0 Å². The van der Waals surface area contributed by atoms with Crippen LogP contribution in [0.2, 0.25) is 5.02 Å². The Morgan fingerprint density at radius 3 is 2.52 bits per heavy atom. The molecule has 3 aromatic carbocycles. The summed E-state index contributed by atoms with van der Waals surface area (Å²) in [5.41, 5.74) is 6.08. The molecule has 0 aliphatic carbocycles. The molecule has 0 fully saturated rings. The Labute approximate surface area is 163 Å². The number of rotatable bonds is 2. The summed E-state index contributed by atoms with van der Waals surface area (Å²) in [6.07, 6.45) is 0.958. The van der Waals surface area contributed by atoms with Crippen LogP contribution in [0.25, 0.3) is 11.0 Å². The van der Waals surface area contributed by atoms with Gasteiger partial charge >= 0.3 is 0 Å². The van der Waals surface area contributed by atoms with Crippen LogP contribution in [-0.4, -0.2) is 9.55 Å². The minimum absolute atomic E-state index is 0.191. The lowest BCUT2D eigenvalue weighted by Gasteiger charge is -2.34. The number of para-hydroxylation sites is 2. The molecular weight excluding hydrogens is 354 g/mol. The second kappa shape index (κ2) is 6.43. The lowest BCUT2D eigenvalue weighted by Crippen LogP contribution is -2.27. The third kappa shape index (κ3) is 2.79. The number of benzene rings is 3. The number of anilines is 1. The minimum Gasteiger partial charge on any atom is -0.349 e. The molecule has 0 radical (unpaired) electrons. The molecule has 1 aromatic heterocycles. The van der Waals surface area contributed by atoms with E-state index in [1.165, 1.54) is 22.2 Å². The second-order valence-corrected chi connectivity index (χ2v) is 7.59. The summed E-state index contributed by atoms with van der Waals surface area (Å²) in [5.74, 6) is 0.927. The highest BCUT2D eigenvalue weighted by molar-refractivity contribution is 6.30. The van der Waals surface area contributed by atoms with E-state index >= 15 is 0 Å². The van der Waals surface area contributed by atoms with E-state index in [9.17, 15) is 0 Å². The summed E-state index contributed by atoms with van der Waals surface area (Å²) in [7, 11) is 0. The maximum atomic E-state index is 6.09. The lowest BCUT2D eigenvalue weighted by molar-refractivity contribution is 0.476. The maximum absolute atomic E-state index is 6.09. The molecule has 0 bridgehead atoms. The van der Waals surface area contributed by atoms with Crippen LogP contribution in [0, 0.1) is 6.92 Å². The summed E-state index contributed by atoms with van der Waals surface area (Å²) in [5, 5.41) is 4.41. The van der Waals surface area contributed by atoms with Crippen molar-refractivity contribution in [2.75, 3.05) is 5.32 Å². The zero-order valence-corrected chi connectivity index (χ0v) is 15.8. The van der Waals surface area contributed by atoms with Crippen molar-refractivity contribution in [3.05, 3.63) is 94.5 Å². The lowest BCUT2D eigenvalue weighted by atomic mass is 9.91. The van der Waals surface area contributed by atoms with Crippen molar-refractivity contribution in [3.8, 4) is 0 Å². The average Bonchev–Trinajstić information content (AvgIpc) is 3.07. The quantitative estimate of drug-likeness (QED) is 0.457. The highest BCUT2D eigenvalue weighted by Gasteiger charge is 2.31. The predicted octanol–water partition coefficient (Wildman–Crippen LogP) is 6.14. The molecule has 5 rings (SSSR count). The third-order valence-electron chi connectivity index (χ3n) is 5.49. The normalized spacial score (nSPS) is 18.9. The number of fused-ring (bicyclic) bond motifs is 3. The fourth-order valence-electron chi connectivity index (χ4n) is 4.15. The van der Waals surface area contributed by atoms with Crippen molar-refractivity contribution in [2.24, 2.45) is 0 Å². The van der Waals surface area contributed by atoms with Gasteiger partial charge in [0.15, 0.2) is 0 Å². The predicted molar refractivity (Wildman–Crippen MR) is 111 cm³/mol. The first-order valence-corrected chi connectivity index (χ1v) is 9.63. The van der Waals surface area contributed by atoms with E-state index in [1.54, 1.807) is 0 Å². The minimum atomic E-state index is 0.191. The molecule has 1 aliphatic rings. The fourth-order valence-corrected chi connectivity index (χ4v) is 4.27. The zero-order valence-electron chi connectivity index (χ0n) is 15.1. The molecule has 0 saturated carbocycles. The molecular formula is C23H20ClN3. The van der Waals surface area contributed by atoms with E-state index in [-0.39, 0.29) is 12.1 Å². The Morgan fingerprint density at radius 2 is 1.70 bits per heavy atom. The first kappa shape index (κ1) is 16.4. The van der Waals surface area contributed by atoms with Gasteiger partial charge in [-0.1, -0.05) is 60.1 Å². The van der Waals surface area contributed by atoms with Gasteiger partial charge in [0.05, 0.1) is 23.1 Å². The van der Waals surface area contributed by atoms with Crippen molar-refractivity contribution in [1.29, 1.82) is 0 Å². The first-order chi connectivity index (χ1) is 13.2. The van der Waals surface area contributed by atoms with Gasteiger partial charge in [0, 0.05) is 5.02 Å². The molecule has 0 unspecified atom stereocenters. The van der Waals surface area contributed by atoms with Gasteiger partial charge in [-0.2, -0.15) is 0 Å². The van der Waals surface area contributed by atoms with Crippen LogP contribution >= 0.6 is 11.6 Å². The molecule has 27 heavy (non-hydrogen) atoms. The van der Waals surface area contributed by atoms with E-state index < -0.39 is 0 Å². The fraction of sp³-hybridized carbons (Fsp3) is 0.174. The Kier molecular flexibility index (Phi) is 3.91. The van der Waals surface area contributed by atoms with Crippen LogP contribution in [-0.2, 0) is 0 Å². The Bertz CT molecular complexity index is 1110.